The fraction of sp³-hybridized carbons (Fsp3) is 0.600. The van der Waals surface area contributed by atoms with Gasteiger partial charge < -0.3 is 5.11 Å². The van der Waals surface area contributed by atoms with Crippen LogP contribution in [0.25, 0.3) is 0 Å². The summed E-state index contributed by atoms with van der Waals surface area (Å²) in [6.45, 7) is 0.177. The summed E-state index contributed by atoms with van der Waals surface area (Å²) in [6.07, 6.45) is -10.5. The van der Waals surface area contributed by atoms with Gasteiger partial charge in [0.25, 0.3) is 0 Å². The molecule has 0 spiro atoms. The minimum Gasteiger partial charge on any atom is -0.385 e. The molecule has 174 valence electrons. The Labute approximate surface area is 158 Å². The van der Waals surface area contributed by atoms with E-state index in [2.05, 4.69) is 0 Å². The van der Waals surface area contributed by atoms with Crippen molar-refractivity contribution >= 4 is 0 Å². The van der Waals surface area contributed by atoms with Gasteiger partial charge in [-0.15, -0.1) is 0 Å². The summed E-state index contributed by atoms with van der Waals surface area (Å²) in [5, 5.41) is 9.81. The molecular formula is C15H10F14O. The lowest BCUT2D eigenvalue weighted by atomic mass is 9.84. The maximum absolute atomic E-state index is 13.9. The third-order valence-electron chi connectivity index (χ3n) is 4.02. The predicted octanol–water partition coefficient (Wildman–Crippen LogP) is 6.16. The zero-order chi connectivity index (χ0) is 24.2. The molecule has 0 saturated heterocycles. The summed E-state index contributed by atoms with van der Waals surface area (Å²) in [6, 6.07) is 2.83. The van der Waals surface area contributed by atoms with Crippen LogP contribution in [0.1, 0.15) is 18.9 Å². The molecule has 0 aliphatic rings. The first-order valence-corrected chi connectivity index (χ1v) is 7.40. The standard InChI is InChI=1S/C15H10F14O/c1-9(30,7-4-2-3-5-8(7)16)6-10(17,18)11(19,20)12(21,22)13(23,24)14(25,26)15(27,28)29/h2-5,30H,6H2,1H3. The van der Waals surface area contributed by atoms with Gasteiger partial charge in [0.2, 0.25) is 0 Å². The Balaban J connectivity index is 3.47. The van der Waals surface area contributed by atoms with Crippen molar-refractivity contribution in [2.24, 2.45) is 0 Å². The first-order chi connectivity index (χ1) is 13.0. The van der Waals surface area contributed by atoms with Crippen LogP contribution in [0.15, 0.2) is 24.3 Å². The second-order valence-corrected chi connectivity index (χ2v) is 6.43. The zero-order valence-electron chi connectivity index (χ0n) is 14.3. The molecule has 0 amide bonds. The summed E-state index contributed by atoms with van der Waals surface area (Å²) >= 11 is 0. The molecule has 1 nitrogen and oxygen atoms in total. The topological polar surface area (TPSA) is 20.2 Å². The number of benzene rings is 1. The summed E-state index contributed by atoms with van der Waals surface area (Å²) in [5.41, 5.74) is -4.66. The molecule has 0 bridgehead atoms. The van der Waals surface area contributed by atoms with Gasteiger partial charge >= 0.3 is 35.8 Å². The van der Waals surface area contributed by atoms with Crippen LogP contribution < -0.4 is 0 Å². The number of rotatable bonds is 7. The summed E-state index contributed by atoms with van der Waals surface area (Å²) in [4.78, 5) is 0. The van der Waals surface area contributed by atoms with Crippen LogP contribution in [0, 0.1) is 5.82 Å². The summed E-state index contributed by atoms with van der Waals surface area (Å²) < 4.78 is 183. The van der Waals surface area contributed by atoms with Crippen LogP contribution in [0.4, 0.5) is 61.5 Å². The number of hydrogen-bond donors (Lipinski definition) is 1. The Bertz CT molecular complexity index is 765. The first-order valence-electron chi connectivity index (χ1n) is 7.40. The second kappa shape index (κ2) is 7.12. The summed E-state index contributed by atoms with van der Waals surface area (Å²) in [7, 11) is 0. The van der Waals surface area contributed by atoms with E-state index in [-0.39, 0.29) is 6.92 Å². The van der Waals surface area contributed by atoms with Crippen molar-refractivity contribution < 1.29 is 66.6 Å². The van der Waals surface area contributed by atoms with Gasteiger partial charge in [-0.1, -0.05) is 18.2 Å². The normalized spacial score (nSPS) is 17.1. The van der Waals surface area contributed by atoms with Gasteiger partial charge in [-0.2, -0.15) is 57.1 Å². The molecule has 15 heteroatoms. The van der Waals surface area contributed by atoms with Crippen LogP contribution in [0.5, 0.6) is 0 Å². The summed E-state index contributed by atoms with van der Waals surface area (Å²) in [5.74, 6) is -39.4. The molecular weight excluding hydrogens is 462 g/mol. The van der Waals surface area contributed by atoms with Gasteiger partial charge in [0, 0.05) is 5.56 Å². The Morgan fingerprint density at radius 2 is 1.07 bits per heavy atom. The average molecular weight is 472 g/mol. The lowest BCUT2D eigenvalue weighted by Gasteiger charge is -2.41. The quantitative estimate of drug-likeness (QED) is 0.472. The molecule has 0 fully saturated rings. The monoisotopic (exact) mass is 472 g/mol. The van der Waals surface area contributed by atoms with Crippen molar-refractivity contribution in [1.82, 2.24) is 0 Å². The van der Waals surface area contributed by atoms with E-state index in [1.807, 2.05) is 0 Å². The predicted molar refractivity (Wildman–Crippen MR) is 71.4 cm³/mol. The molecule has 30 heavy (non-hydrogen) atoms. The lowest BCUT2D eigenvalue weighted by molar-refractivity contribution is -0.441. The lowest BCUT2D eigenvalue weighted by Crippen LogP contribution is -2.70. The van der Waals surface area contributed by atoms with E-state index in [1.165, 1.54) is 0 Å². The van der Waals surface area contributed by atoms with Gasteiger partial charge in [-0.3, -0.25) is 0 Å². The smallest absolute Gasteiger partial charge is 0.385 e. The minimum absolute atomic E-state index is 0.177. The minimum atomic E-state index is -8.03. The maximum atomic E-state index is 13.9. The Hall–Kier alpha value is -1.80. The van der Waals surface area contributed by atoms with Crippen molar-refractivity contribution in [3.05, 3.63) is 35.6 Å². The van der Waals surface area contributed by atoms with Gasteiger partial charge in [-0.25, -0.2) is 4.39 Å². The van der Waals surface area contributed by atoms with Crippen molar-refractivity contribution in [3.63, 3.8) is 0 Å². The second-order valence-electron chi connectivity index (χ2n) is 6.43. The molecule has 1 atom stereocenters. The highest BCUT2D eigenvalue weighted by molar-refractivity contribution is 5.24. The van der Waals surface area contributed by atoms with Crippen LogP contribution in [0.2, 0.25) is 0 Å². The van der Waals surface area contributed by atoms with E-state index >= 15 is 0 Å². The highest BCUT2D eigenvalue weighted by atomic mass is 19.4. The average Bonchev–Trinajstić information content (AvgIpc) is 2.52. The van der Waals surface area contributed by atoms with Crippen molar-refractivity contribution in [2.75, 3.05) is 0 Å². The third kappa shape index (κ3) is 3.80. The molecule has 1 unspecified atom stereocenters. The zero-order valence-corrected chi connectivity index (χ0v) is 14.3. The SMILES string of the molecule is CC(O)(CC(F)(F)C(F)(F)C(F)(F)C(F)(F)C(F)(F)C(F)(F)F)c1ccccc1F. The van der Waals surface area contributed by atoms with Crippen molar-refractivity contribution in [1.29, 1.82) is 0 Å². The molecule has 0 saturated carbocycles. The molecule has 0 aromatic heterocycles. The Morgan fingerprint density at radius 1 is 0.667 bits per heavy atom. The maximum Gasteiger partial charge on any atom is 0.460 e. The van der Waals surface area contributed by atoms with Crippen molar-refractivity contribution in [3.8, 4) is 0 Å². The van der Waals surface area contributed by atoms with E-state index in [0.717, 1.165) is 12.1 Å². The number of halogens is 14. The molecule has 0 aliphatic heterocycles. The van der Waals surface area contributed by atoms with E-state index < -0.39 is 59.2 Å². The van der Waals surface area contributed by atoms with E-state index in [9.17, 15) is 66.6 Å². The van der Waals surface area contributed by atoms with Crippen LogP contribution in [0.3, 0.4) is 0 Å². The van der Waals surface area contributed by atoms with E-state index in [0.29, 0.717) is 12.1 Å². The van der Waals surface area contributed by atoms with Gasteiger partial charge in [-0.05, 0) is 13.0 Å². The molecule has 1 N–H and O–H groups in total. The highest BCUT2D eigenvalue weighted by Crippen LogP contribution is 2.61. The number of hydrogen-bond acceptors (Lipinski definition) is 1. The van der Waals surface area contributed by atoms with Crippen LogP contribution in [-0.4, -0.2) is 40.9 Å². The number of aliphatic hydroxyl groups is 1. The van der Waals surface area contributed by atoms with Crippen LogP contribution >= 0.6 is 0 Å². The fourth-order valence-corrected chi connectivity index (χ4v) is 2.34. The van der Waals surface area contributed by atoms with Gasteiger partial charge in [0.05, 0.1) is 12.0 Å². The molecule has 0 radical (unpaired) electrons. The van der Waals surface area contributed by atoms with E-state index in [4.69, 9.17) is 0 Å². The third-order valence-corrected chi connectivity index (χ3v) is 4.02. The first kappa shape index (κ1) is 26.2. The molecule has 1 rings (SSSR count). The highest BCUT2D eigenvalue weighted by Gasteiger charge is 2.90. The molecule has 1 aromatic carbocycles. The molecule has 0 heterocycles. The van der Waals surface area contributed by atoms with Gasteiger partial charge in [0.1, 0.15) is 5.82 Å². The van der Waals surface area contributed by atoms with Crippen molar-refractivity contribution in [2.45, 2.75) is 54.7 Å². The van der Waals surface area contributed by atoms with E-state index in [1.54, 1.807) is 0 Å². The molecule has 1 aromatic rings. The Kier molecular flexibility index (Phi) is 6.23. The number of alkyl halides is 13. The largest absolute Gasteiger partial charge is 0.460 e. The molecule has 0 aliphatic carbocycles. The van der Waals surface area contributed by atoms with Gasteiger partial charge in [0.15, 0.2) is 0 Å². The Morgan fingerprint density at radius 3 is 1.47 bits per heavy atom. The van der Waals surface area contributed by atoms with Crippen LogP contribution in [-0.2, 0) is 5.60 Å². The fourth-order valence-electron chi connectivity index (χ4n) is 2.34.